The van der Waals surface area contributed by atoms with Gasteiger partial charge in [-0.2, -0.15) is 0 Å². The zero-order valence-corrected chi connectivity index (χ0v) is 11.3. The first-order valence-electron chi connectivity index (χ1n) is 6.61. The summed E-state index contributed by atoms with van der Waals surface area (Å²) in [5, 5.41) is 11.3. The van der Waals surface area contributed by atoms with Crippen molar-refractivity contribution in [1.82, 2.24) is 25.2 Å². The fraction of sp³-hybridized carbons (Fsp3) is 0.833. The van der Waals surface area contributed by atoms with Gasteiger partial charge < -0.3 is 15.0 Å². The minimum absolute atomic E-state index is 0.652. The van der Waals surface area contributed by atoms with Gasteiger partial charge in [0.15, 0.2) is 0 Å². The molecule has 0 amide bonds. The molecule has 6 nitrogen and oxygen atoms in total. The largest absolute Gasteiger partial charge is 0.381 e. The van der Waals surface area contributed by atoms with Crippen molar-refractivity contribution in [1.29, 1.82) is 0 Å². The number of aromatic nitrogens is 3. The van der Waals surface area contributed by atoms with Crippen molar-refractivity contribution < 1.29 is 4.74 Å². The first kappa shape index (κ1) is 13.5. The molecular weight excluding hydrogens is 230 g/mol. The minimum Gasteiger partial charge on any atom is -0.381 e. The summed E-state index contributed by atoms with van der Waals surface area (Å²) >= 11 is 0. The van der Waals surface area contributed by atoms with Crippen molar-refractivity contribution in [2.75, 3.05) is 33.9 Å². The maximum Gasteiger partial charge on any atom is 0.0964 e. The molecule has 0 saturated carbocycles. The summed E-state index contributed by atoms with van der Waals surface area (Å²) < 4.78 is 7.30. The molecule has 1 aromatic heterocycles. The third-order valence-electron chi connectivity index (χ3n) is 3.44. The van der Waals surface area contributed by atoms with Gasteiger partial charge in [-0.3, -0.25) is 4.68 Å². The molecule has 0 unspecified atom stereocenters. The van der Waals surface area contributed by atoms with Crippen LogP contribution in [0.3, 0.4) is 0 Å². The molecule has 2 heterocycles. The number of nitrogens with zero attached hydrogens (tertiary/aromatic N) is 4. The van der Waals surface area contributed by atoms with Gasteiger partial charge in [-0.1, -0.05) is 5.21 Å². The van der Waals surface area contributed by atoms with Crippen LogP contribution in [0.4, 0.5) is 0 Å². The van der Waals surface area contributed by atoms with E-state index in [-0.39, 0.29) is 0 Å². The Morgan fingerprint density at radius 1 is 1.50 bits per heavy atom. The van der Waals surface area contributed by atoms with Crippen LogP contribution in [0.25, 0.3) is 0 Å². The quantitative estimate of drug-likeness (QED) is 0.780. The van der Waals surface area contributed by atoms with Gasteiger partial charge in [0.05, 0.1) is 12.2 Å². The van der Waals surface area contributed by atoms with Crippen molar-refractivity contribution in [3.8, 4) is 0 Å². The Labute approximate surface area is 108 Å². The smallest absolute Gasteiger partial charge is 0.0964 e. The van der Waals surface area contributed by atoms with E-state index in [1.54, 1.807) is 0 Å². The SMILES string of the molecule is CNCc1cn(CCN(C)C2CCOCC2)nn1. The molecule has 0 spiro atoms. The third-order valence-corrected chi connectivity index (χ3v) is 3.44. The first-order chi connectivity index (χ1) is 8.79. The number of nitrogens with one attached hydrogen (secondary N) is 1. The van der Waals surface area contributed by atoms with E-state index in [1.807, 2.05) is 17.9 Å². The molecule has 1 aliphatic heterocycles. The molecule has 1 aromatic rings. The van der Waals surface area contributed by atoms with Gasteiger partial charge >= 0.3 is 0 Å². The molecule has 0 aromatic carbocycles. The molecule has 0 radical (unpaired) electrons. The van der Waals surface area contributed by atoms with Crippen LogP contribution in [0, 0.1) is 0 Å². The van der Waals surface area contributed by atoms with E-state index < -0.39 is 0 Å². The summed E-state index contributed by atoms with van der Waals surface area (Å²) in [4.78, 5) is 2.40. The lowest BCUT2D eigenvalue weighted by molar-refractivity contribution is 0.0418. The molecular formula is C12H23N5O. The van der Waals surface area contributed by atoms with Gasteiger partial charge in [-0.25, -0.2) is 0 Å². The summed E-state index contributed by atoms with van der Waals surface area (Å²) in [5.74, 6) is 0. The van der Waals surface area contributed by atoms with Crippen LogP contribution >= 0.6 is 0 Å². The Morgan fingerprint density at radius 2 is 2.28 bits per heavy atom. The molecule has 0 aliphatic carbocycles. The number of likely N-dealkylation sites (N-methyl/N-ethyl adjacent to an activating group) is 1. The highest BCUT2D eigenvalue weighted by Crippen LogP contribution is 2.12. The zero-order chi connectivity index (χ0) is 12.8. The molecule has 6 heteroatoms. The lowest BCUT2D eigenvalue weighted by atomic mass is 10.1. The number of hydrogen-bond acceptors (Lipinski definition) is 5. The lowest BCUT2D eigenvalue weighted by Crippen LogP contribution is -2.38. The van der Waals surface area contributed by atoms with Gasteiger partial charge in [0.25, 0.3) is 0 Å². The van der Waals surface area contributed by atoms with E-state index in [1.165, 1.54) is 0 Å². The van der Waals surface area contributed by atoms with E-state index in [2.05, 4.69) is 27.6 Å². The summed E-state index contributed by atoms with van der Waals surface area (Å²) in [6.45, 7) is 4.46. The van der Waals surface area contributed by atoms with Gasteiger partial charge in [0, 0.05) is 38.5 Å². The van der Waals surface area contributed by atoms with Crippen molar-refractivity contribution in [3.05, 3.63) is 11.9 Å². The van der Waals surface area contributed by atoms with Crippen LogP contribution in [0.15, 0.2) is 6.20 Å². The topological polar surface area (TPSA) is 55.2 Å². The maximum atomic E-state index is 5.38. The second-order valence-corrected chi connectivity index (χ2v) is 4.83. The average molecular weight is 253 g/mol. The summed E-state index contributed by atoms with van der Waals surface area (Å²) in [7, 11) is 4.10. The van der Waals surface area contributed by atoms with E-state index in [9.17, 15) is 0 Å². The Balaban J connectivity index is 1.75. The Bertz CT molecular complexity index is 348. The molecule has 1 fully saturated rings. The Kier molecular flexibility index (Phi) is 5.10. The predicted octanol–water partition coefficient (Wildman–Crippen LogP) is 0.108. The van der Waals surface area contributed by atoms with Crippen LogP contribution < -0.4 is 5.32 Å². The fourth-order valence-electron chi connectivity index (χ4n) is 2.28. The molecule has 18 heavy (non-hydrogen) atoms. The predicted molar refractivity (Wildman–Crippen MR) is 69.3 cm³/mol. The fourth-order valence-corrected chi connectivity index (χ4v) is 2.28. The van der Waals surface area contributed by atoms with Gasteiger partial charge in [0.2, 0.25) is 0 Å². The Morgan fingerprint density at radius 3 is 3.00 bits per heavy atom. The highest BCUT2D eigenvalue weighted by molar-refractivity contribution is 4.91. The van der Waals surface area contributed by atoms with Crippen LogP contribution in [-0.4, -0.2) is 59.8 Å². The van der Waals surface area contributed by atoms with Crippen LogP contribution in [-0.2, 0) is 17.8 Å². The monoisotopic (exact) mass is 253 g/mol. The standard InChI is InChI=1S/C12H23N5O/c1-13-9-11-10-17(15-14-11)6-5-16(2)12-3-7-18-8-4-12/h10,12-13H,3-9H2,1-2H3. The molecule has 0 atom stereocenters. The second-order valence-electron chi connectivity index (χ2n) is 4.83. The van der Waals surface area contributed by atoms with E-state index in [4.69, 9.17) is 4.74 Å². The van der Waals surface area contributed by atoms with E-state index >= 15 is 0 Å². The molecule has 1 N–H and O–H groups in total. The second kappa shape index (κ2) is 6.82. The number of rotatable bonds is 6. The molecule has 0 bridgehead atoms. The summed E-state index contributed by atoms with van der Waals surface area (Å²) in [6, 6.07) is 0.652. The van der Waals surface area contributed by atoms with Gasteiger partial charge in [0.1, 0.15) is 0 Å². The summed E-state index contributed by atoms with van der Waals surface area (Å²) in [5.41, 5.74) is 0.992. The van der Waals surface area contributed by atoms with Crippen molar-refractivity contribution in [2.45, 2.75) is 32.0 Å². The minimum atomic E-state index is 0.652. The normalized spacial score (nSPS) is 17.5. The summed E-state index contributed by atoms with van der Waals surface area (Å²) in [6.07, 6.45) is 4.28. The first-order valence-corrected chi connectivity index (χ1v) is 6.61. The molecule has 1 saturated heterocycles. The molecule has 102 valence electrons. The van der Waals surface area contributed by atoms with E-state index in [0.29, 0.717) is 6.04 Å². The lowest BCUT2D eigenvalue weighted by Gasteiger charge is -2.30. The van der Waals surface area contributed by atoms with Crippen molar-refractivity contribution >= 4 is 0 Å². The highest BCUT2D eigenvalue weighted by Gasteiger charge is 2.17. The van der Waals surface area contributed by atoms with Crippen molar-refractivity contribution in [3.63, 3.8) is 0 Å². The van der Waals surface area contributed by atoms with Crippen LogP contribution in [0.2, 0.25) is 0 Å². The zero-order valence-electron chi connectivity index (χ0n) is 11.3. The van der Waals surface area contributed by atoms with Crippen LogP contribution in [0.5, 0.6) is 0 Å². The number of hydrogen-bond donors (Lipinski definition) is 1. The third kappa shape index (κ3) is 3.76. The van der Waals surface area contributed by atoms with Crippen LogP contribution in [0.1, 0.15) is 18.5 Å². The van der Waals surface area contributed by atoms with Gasteiger partial charge in [-0.15, -0.1) is 5.10 Å². The maximum absolute atomic E-state index is 5.38. The van der Waals surface area contributed by atoms with Crippen molar-refractivity contribution in [2.24, 2.45) is 0 Å². The highest BCUT2D eigenvalue weighted by atomic mass is 16.5. The van der Waals surface area contributed by atoms with Gasteiger partial charge in [-0.05, 0) is 26.9 Å². The number of ether oxygens (including phenoxy) is 1. The van der Waals surface area contributed by atoms with E-state index in [0.717, 1.165) is 51.4 Å². The molecule has 2 rings (SSSR count). The molecule has 1 aliphatic rings. The Hall–Kier alpha value is -0.980. The average Bonchev–Trinajstić information content (AvgIpc) is 2.85.